The second-order valence-electron chi connectivity index (χ2n) is 12.2. The highest BCUT2D eigenvalue weighted by atomic mass is 16.7. The van der Waals surface area contributed by atoms with Crippen LogP contribution in [0.5, 0.6) is 17.2 Å². The summed E-state index contributed by atoms with van der Waals surface area (Å²) in [5.74, 6) is -2.17. The molecule has 50 heavy (non-hydrogen) atoms. The Morgan fingerprint density at radius 2 is 1.82 bits per heavy atom. The molecule has 0 aromatic heterocycles. The number of rotatable bonds is 12. The lowest BCUT2D eigenvalue weighted by molar-refractivity contribution is -0.277. The van der Waals surface area contributed by atoms with Gasteiger partial charge in [0.05, 0.1) is 31.0 Å². The van der Waals surface area contributed by atoms with Crippen molar-refractivity contribution in [3.63, 3.8) is 0 Å². The Bertz CT molecular complexity index is 1710. The van der Waals surface area contributed by atoms with Gasteiger partial charge in [-0.1, -0.05) is 6.08 Å². The van der Waals surface area contributed by atoms with E-state index in [2.05, 4.69) is 15.6 Å². The fourth-order valence-electron chi connectivity index (χ4n) is 6.34. The molecule has 0 amide bonds. The van der Waals surface area contributed by atoms with E-state index in [0.29, 0.717) is 24.8 Å². The van der Waals surface area contributed by atoms with E-state index >= 15 is 0 Å². The largest absolute Gasteiger partial charge is 0.507 e. The number of carbonyl (C=O) groups excluding carboxylic acids is 2. The van der Waals surface area contributed by atoms with Gasteiger partial charge in [-0.15, -0.1) is 0 Å². The number of ketones is 2. The minimum Gasteiger partial charge on any atom is -0.507 e. The molecular formula is C34H43N5O11. The maximum atomic E-state index is 14.4. The number of fused-ring (bicyclic) bond motifs is 2. The van der Waals surface area contributed by atoms with Crippen molar-refractivity contribution in [2.75, 3.05) is 27.4 Å². The smallest absolute Gasteiger partial charge is 0.229 e. The summed E-state index contributed by atoms with van der Waals surface area (Å²) in [6.07, 6.45) is -1.78. The van der Waals surface area contributed by atoms with E-state index in [9.17, 15) is 40.2 Å². The number of dihydropyridines is 1. The molecule has 16 nitrogen and oxygen atoms in total. The van der Waals surface area contributed by atoms with Gasteiger partial charge in [-0.25, -0.2) is 0 Å². The van der Waals surface area contributed by atoms with Gasteiger partial charge >= 0.3 is 0 Å². The lowest BCUT2D eigenvalue weighted by Gasteiger charge is -2.39. The normalized spacial score (nSPS) is 25.3. The predicted molar refractivity (Wildman–Crippen MR) is 179 cm³/mol. The Kier molecular flexibility index (Phi) is 11.4. The first-order valence-electron chi connectivity index (χ1n) is 16.1. The highest BCUT2D eigenvalue weighted by molar-refractivity contribution is 6.30. The maximum Gasteiger partial charge on any atom is 0.229 e. The van der Waals surface area contributed by atoms with Crippen molar-refractivity contribution in [1.29, 1.82) is 0 Å². The number of phenolic OH excluding ortho intramolecular Hbond substituents is 1. The number of phenols is 1. The molecule has 1 unspecified atom stereocenters. The first-order valence-corrected chi connectivity index (χ1v) is 16.1. The number of hydrogen-bond donors (Lipinski definition) is 10. The van der Waals surface area contributed by atoms with Crippen LogP contribution in [0.3, 0.4) is 0 Å². The molecule has 0 bridgehead atoms. The molecule has 16 heteroatoms. The Morgan fingerprint density at radius 1 is 1.08 bits per heavy atom. The number of nitrogens with two attached hydrogens (primary N) is 2. The third kappa shape index (κ3) is 7.18. The number of carbonyl (C=O) groups is 2. The Morgan fingerprint density at radius 3 is 2.46 bits per heavy atom. The number of aliphatic hydroxyl groups excluding tert-OH is 5. The van der Waals surface area contributed by atoms with E-state index < -0.39 is 54.6 Å². The summed E-state index contributed by atoms with van der Waals surface area (Å²) < 4.78 is 16.7. The summed E-state index contributed by atoms with van der Waals surface area (Å²) in [7, 11) is 2.81. The molecule has 5 rings (SSSR count). The SMILES string of the molecule is CN=C(N)NCc1c(C[C@H](CCCO)C2=CNC(N)C=C2)cc2c(c1O)C(=O)c1c(O[C@@H]3O[C@H](CO)[C@@H](O)[C@H](O)[C@H]3O)cc(OC)cc1C2=O. The highest BCUT2D eigenvalue weighted by Crippen LogP contribution is 2.43. The fourth-order valence-corrected chi connectivity index (χ4v) is 6.34. The number of nitrogens with one attached hydrogen (secondary N) is 2. The molecule has 2 aromatic rings. The zero-order chi connectivity index (χ0) is 36.3. The molecule has 270 valence electrons. The maximum absolute atomic E-state index is 14.4. The van der Waals surface area contributed by atoms with Crippen LogP contribution in [-0.2, 0) is 17.7 Å². The lowest BCUT2D eigenvalue weighted by Crippen LogP contribution is -2.60. The molecule has 1 saturated heterocycles. The van der Waals surface area contributed by atoms with Crippen LogP contribution < -0.4 is 31.6 Å². The number of benzene rings is 2. The summed E-state index contributed by atoms with van der Waals surface area (Å²) in [6, 6.07) is 4.18. The number of aliphatic imine (C=N–C) groups is 1. The molecule has 0 radical (unpaired) electrons. The number of guanidine groups is 1. The lowest BCUT2D eigenvalue weighted by atomic mass is 9.78. The molecule has 12 N–H and O–H groups in total. The summed E-state index contributed by atoms with van der Waals surface area (Å²) in [4.78, 5) is 32.5. The van der Waals surface area contributed by atoms with Gasteiger partial charge in [0.1, 0.15) is 41.7 Å². The third-order valence-electron chi connectivity index (χ3n) is 9.12. The van der Waals surface area contributed by atoms with E-state index in [1.54, 1.807) is 18.3 Å². The Labute approximate surface area is 287 Å². The number of hydrogen-bond acceptors (Lipinski definition) is 14. The van der Waals surface area contributed by atoms with E-state index in [1.807, 2.05) is 6.08 Å². The molecule has 0 spiro atoms. The number of aliphatic hydroxyl groups is 5. The minimum atomic E-state index is -1.81. The van der Waals surface area contributed by atoms with E-state index in [0.717, 1.165) is 5.57 Å². The van der Waals surface area contributed by atoms with Gasteiger partial charge in [-0.05, 0) is 54.5 Å². The van der Waals surface area contributed by atoms with Gasteiger partial charge in [-0.2, -0.15) is 0 Å². The van der Waals surface area contributed by atoms with Crippen LogP contribution >= 0.6 is 0 Å². The molecule has 1 aliphatic carbocycles. The molecule has 3 aliphatic rings. The van der Waals surface area contributed by atoms with Crippen LogP contribution in [0.25, 0.3) is 0 Å². The summed E-state index contributed by atoms with van der Waals surface area (Å²) in [5, 5.41) is 68.2. The summed E-state index contributed by atoms with van der Waals surface area (Å²) >= 11 is 0. The van der Waals surface area contributed by atoms with Gasteiger partial charge in [0.15, 0.2) is 11.7 Å². The zero-order valence-electron chi connectivity index (χ0n) is 27.6. The number of allylic oxidation sites excluding steroid dienone is 2. The van der Waals surface area contributed by atoms with Crippen LogP contribution in [-0.4, -0.2) is 112 Å². The van der Waals surface area contributed by atoms with E-state index in [4.69, 9.17) is 25.7 Å². The first kappa shape index (κ1) is 36.7. The molecular weight excluding hydrogens is 654 g/mol. The molecule has 2 aliphatic heterocycles. The predicted octanol–water partition coefficient (Wildman–Crippen LogP) is -1.35. The van der Waals surface area contributed by atoms with Crippen molar-refractivity contribution in [3.8, 4) is 17.2 Å². The second-order valence-corrected chi connectivity index (χ2v) is 12.2. The quantitative estimate of drug-likeness (QED) is 0.0774. The van der Waals surface area contributed by atoms with Gasteiger partial charge in [0.2, 0.25) is 12.1 Å². The minimum absolute atomic E-state index is 0.0487. The van der Waals surface area contributed by atoms with Gasteiger partial charge in [0, 0.05) is 49.2 Å². The Balaban J connectivity index is 1.61. The molecule has 1 fully saturated rings. The van der Waals surface area contributed by atoms with Crippen LogP contribution in [0.1, 0.15) is 55.8 Å². The van der Waals surface area contributed by atoms with E-state index in [1.165, 1.54) is 26.3 Å². The fraction of sp³-hybridized carbons (Fsp3) is 0.441. The molecule has 7 atom stereocenters. The topological polar surface area (TPSA) is 272 Å². The van der Waals surface area contributed by atoms with Crippen molar-refractivity contribution in [3.05, 3.63) is 75.5 Å². The van der Waals surface area contributed by atoms with Crippen molar-refractivity contribution in [1.82, 2.24) is 10.6 Å². The zero-order valence-corrected chi connectivity index (χ0v) is 27.6. The van der Waals surface area contributed by atoms with Crippen molar-refractivity contribution in [2.24, 2.45) is 22.4 Å². The monoisotopic (exact) mass is 697 g/mol. The van der Waals surface area contributed by atoms with Gasteiger partial charge < -0.3 is 67.0 Å². The van der Waals surface area contributed by atoms with Crippen LogP contribution in [0, 0.1) is 5.92 Å². The molecule has 0 saturated carbocycles. The number of ether oxygens (including phenoxy) is 3. The van der Waals surface area contributed by atoms with Crippen LogP contribution in [0.4, 0.5) is 0 Å². The summed E-state index contributed by atoms with van der Waals surface area (Å²) in [5.41, 5.74) is 12.8. The molecule has 2 heterocycles. The summed E-state index contributed by atoms with van der Waals surface area (Å²) in [6.45, 7) is -0.828. The van der Waals surface area contributed by atoms with Crippen LogP contribution in [0.2, 0.25) is 0 Å². The average molecular weight is 698 g/mol. The first-order chi connectivity index (χ1) is 23.9. The van der Waals surface area contributed by atoms with E-state index in [-0.39, 0.29) is 70.5 Å². The van der Waals surface area contributed by atoms with Crippen molar-refractivity contribution >= 4 is 17.5 Å². The van der Waals surface area contributed by atoms with Gasteiger partial charge in [-0.3, -0.25) is 14.6 Å². The second kappa shape index (κ2) is 15.6. The third-order valence-corrected chi connectivity index (χ3v) is 9.12. The standard InChI is InChI=1S/C34H43N5O11/c1-37-34(36)39-13-21-17(8-15(4-3-7-40)16-5-6-24(35)38-12-16)9-19-26(28(21)43)30(45)25-20(27(19)42)10-18(48-2)11-22(25)49-33-32(47)31(46)29(44)23(14-41)50-33/h5-6,9-12,15,23-24,29,31-33,38,40-41,43-44,46-47H,3-4,7-8,13-14,35H2,1-2H3,(H3,36,37,39)/t15-,23+,24?,29+,31-,32+,33+/m0/s1. The van der Waals surface area contributed by atoms with Gasteiger partial charge in [0.25, 0.3) is 0 Å². The van der Waals surface area contributed by atoms with Crippen molar-refractivity contribution in [2.45, 2.75) is 62.7 Å². The number of methoxy groups -OCH3 is 1. The number of nitrogens with zero attached hydrogens (tertiary/aromatic N) is 1. The van der Waals surface area contributed by atoms with Crippen molar-refractivity contribution < 1.29 is 54.4 Å². The highest BCUT2D eigenvalue weighted by Gasteiger charge is 2.46. The molecule has 2 aromatic carbocycles. The number of aromatic hydroxyl groups is 1. The Hall–Kier alpha value is -4.55. The van der Waals surface area contributed by atoms with Crippen LogP contribution in [0.15, 0.2) is 47.1 Å². The average Bonchev–Trinajstić information content (AvgIpc) is 3.11.